The molecule has 54 valence electrons. The summed E-state index contributed by atoms with van der Waals surface area (Å²) < 4.78 is 0. The van der Waals surface area contributed by atoms with Gasteiger partial charge in [-0.1, -0.05) is 6.07 Å². The molecule has 0 aromatic carbocycles. The van der Waals surface area contributed by atoms with E-state index in [4.69, 9.17) is 5.84 Å². The number of hydrogen-bond donors (Lipinski definition) is 2. The average molecular weight is 137 g/mol. The molecule has 0 saturated carbocycles. The molecule has 0 radical (unpaired) electrons. The molecule has 10 heavy (non-hydrogen) atoms. The Labute approximate surface area is 60.2 Å². The van der Waals surface area contributed by atoms with Crippen molar-refractivity contribution >= 4 is 0 Å². The van der Waals surface area contributed by atoms with Crippen LogP contribution in [0.4, 0.5) is 0 Å². The van der Waals surface area contributed by atoms with Gasteiger partial charge in [0, 0.05) is 6.20 Å². The van der Waals surface area contributed by atoms with Gasteiger partial charge in [0.25, 0.3) is 0 Å². The summed E-state index contributed by atoms with van der Waals surface area (Å²) in [6.45, 7) is 1.96. The summed E-state index contributed by atoms with van der Waals surface area (Å²) in [6.07, 6.45) is 1.75. The van der Waals surface area contributed by atoms with Crippen molar-refractivity contribution in [2.45, 2.75) is 13.0 Å². The van der Waals surface area contributed by atoms with E-state index >= 15 is 0 Å². The maximum absolute atomic E-state index is 5.21. The maximum atomic E-state index is 5.21. The van der Waals surface area contributed by atoms with E-state index in [1.165, 1.54) is 0 Å². The molecule has 0 aliphatic carbocycles. The molecule has 1 atom stereocenters. The molecule has 0 amide bonds. The van der Waals surface area contributed by atoms with Crippen LogP contribution in [-0.2, 0) is 0 Å². The molecule has 1 aromatic rings. The van der Waals surface area contributed by atoms with Gasteiger partial charge in [-0.05, 0) is 19.1 Å². The molecule has 3 N–H and O–H groups in total. The number of hydrogen-bond acceptors (Lipinski definition) is 3. The number of pyridine rings is 1. The number of nitrogens with two attached hydrogens (primary N) is 1. The van der Waals surface area contributed by atoms with Crippen LogP contribution in [0.1, 0.15) is 18.7 Å². The standard InChI is InChI=1S/C7H11N3/c1-6(10-8)7-4-2-3-5-9-7/h2-6,10H,8H2,1H3/t6-/m1/s1. The highest BCUT2D eigenvalue weighted by molar-refractivity contribution is 5.06. The van der Waals surface area contributed by atoms with E-state index in [0.717, 1.165) is 5.69 Å². The topological polar surface area (TPSA) is 50.9 Å². The lowest BCUT2D eigenvalue weighted by Crippen LogP contribution is -2.26. The van der Waals surface area contributed by atoms with Crippen LogP contribution in [0.5, 0.6) is 0 Å². The van der Waals surface area contributed by atoms with Crippen LogP contribution < -0.4 is 11.3 Å². The SMILES string of the molecule is C[C@@H](NN)c1ccccn1. The fourth-order valence-electron chi connectivity index (χ4n) is 0.717. The van der Waals surface area contributed by atoms with Gasteiger partial charge in [-0.3, -0.25) is 16.3 Å². The van der Waals surface area contributed by atoms with Crippen LogP contribution >= 0.6 is 0 Å². The van der Waals surface area contributed by atoms with Gasteiger partial charge in [0.1, 0.15) is 0 Å². The van der Waals surface area contributed by atoms with Gasteiger partial charge in [0.2, 0.25) is 0 Å². The summed E-state index contributed by atoms with van der Waals surface area (Å²) in [5.41, 5.74) is 3.58. The normalized spacial score (nSPS) is 13.0. The van der Waals surface area contributed by atoms with Crippen LogP contribution in [-0.4, -0.2) is 4.98 Å². The van der Waals surface area contributed by atoms with Gasteiger partial charge < -0.3 is 0 Å². The van der Waals surface area contributed by atoms with Crippen molar-refractivity contribution in [3.8, 4) is 0 Å². The molecule has 1 heterocycles. The Morgan fingerprint density at radius 2 is 2.40 bits per heavy atom. The van der Waals surface area contributed by atoms with E-state index in [2.05, 4.69) is 10.4 Å². The van der Waals surface area contributed by atoms with Crippen molar-refractivity contribution in [1.29, 1.82) is 0 Å². The fraction of sp³-hybridized carbons (Fsp3) is 0.286. The van der Waals surface area contributed by atoms with E-state index in [0.29, 0.717) is 0 Å². The zero-order chi connectivity index (χ0) is 7.40. The molecular formula is C7H11N3. The number of nitrogens with zero attached hydrogens (tertiary/aromatic N) is 1. The molecule has 0 unspecified atom stereocenters. The van der Waals surface area contributed by atoms with E-state index in [1.807, 2.05) is 25.1 Å². The van der Waals surface area contributed by atoms with Gasteiger partial charge in [-0.15, -0.1) is 0 Å². The Bertz CT molecular complexity index is 185. The molecule has 0 saturated heterocycles. The van der Waals surface area contributed by atoms with Crippen LogP contribution in [0.15, 0.2) is 24.4 Å². The van der Waals surface area contributed by atoms with E-state index < -0.39 is 0 Å². The highest BCUT2D eigenvalue weighted by atomic mass is 15.2. The van der Waals surface area contributed by atoms with Crippen LogP contribution in [0.2, 0.25) is 0 Å². The minimum atomic E-state index is 0.126. The van der Waals surface area contributed by atoms with Crippen molar-refractivity contribution in [3.63, 3.8) is 0 Å². The quantitative estimate of drug-likeness (QED) is 0.463. The first-order chi connectivity index (χ1) is 4.84. The molecule has 3 heteroatoms. The first kappa shape index (κ1) is 7.18. The largest absolute Gasteiger partial charge is 0.271 e. The summed E-state index contributed by atoms with van der Waals surface area (Å²) in [4.78, 5) is 4.11. The lowest BCUT2D eigenvalue weighted by Gasteiger charge is -2.07. The monoisotopic (exact) mass is 137 g/mol. The zero-order valence-electron chi connectivity index (χ0n) is 5.91. The van der Waals surface area contributed by atoms with Crippen LogP contribution in [0.3, 0.4) is 0 Å². The molecule has 0 bridgehead atoms. The van der Waals surface area contributed by atoms with Gasteiger partial charge in [0.05, 0.1) is 11.7 Å². The molecule has 0 spiro atoms. The third-order valence-electron chi connectivity index (χ3n) is 1.38. The van der Waals surface area contributed by atoms with Gasteiger partial charge in [-0.25, -0.2) is 0 Å². The van der Waals surface area contributed by atoms with E-state index in [9.17, 15) is 0 Å². The van der Waals surface area contributed by atoms with E-state index in [1.54, 1.807) is 6.20 Å². The third kappa shape index (κ3) is 1.52. The Hall–Kier alpha value is -0.930. The van der Waals surface area contributed by atoms with Gasteiger partial charge in [-0.2, -0.15) is 0 Å². The first-order valence-electron chi connectivity index (χ1n) is 3.21. The van der Waals surface area contributed by atoms with Crippen molar-refractivity contribution < 1.29 is 0 Å². The minimum Gasteiger partial charge on any atom is -0.271 e. The molecule has 1 rings (SSSR count). The van der Waals surface area contributed by atoms with Crippen molar-refractivity contribution in [2.75, 3.05) is 0 Å². The highest BCUT2D eigenvalue weighted by Crippen LogP contribution is 2.04. The average Bonchev–Trinajstić information content (AvgIpc) is 2.05. The summed E-state index contributed by atoms with van der Waals surface area (Å²) in [7, 11) is 0. The minimum absolute atomic E-state index is 0.126. The second kappa shape index (κ2) is 3.29. The van der Waals surface area contributed by atoms with E-state index in [-0.39, 0.29) is 6.04 Å². The summed E-state index contributed by atoms with van der Waals surface area (Å²) >= 11 is 0. The molecule has 3 nitrogen and oxygen atoms in total. The lowest BCUT2D eigenvalue weighted by molar-refractivity contribution is 0.587. The molecule has 0 aliphatic heterocycles. The van der Waals surface area contributed by atoms with Gasteiger partial charge >= 0.3 is 0 Å². The summed E-state index contributed by atoms with van der Waals surface area (Å²) in [6, 6.07) is 5.88. The van der Waals surface area contributed by atoms with Crippen LogP contribution in [0, 0.1) is 0 Å². The molecule has 0 fully saturated rings. The predicted molar refractivity (Wildman–Crippen MR) is 40.0 cm³/mol. The highest BCUT2D eigenvalue weighted by Gasteiger charge is 2.00. The Morgan fingerprint density at radius 1 is 1.60 bits per heavy atom. The number of hydrazine groups is 1. The molecule has 1 aromatic heterocycles. The molecule has 0 aliphatic rings. The Balaban J connectivity index is 2.75. The predicted octanol–water partition coefficient (Wildman–Crippen LogP) is 0.606. The third-order valence-corrected chi connectivity index (χ3v) is 1.38. The fourth-order valence-corrected chi connectivity index (χ4v) is 0.717. The number of aromatic nitrogens is 1. The summed E-state index contributed by atoms with van der Waals surface area (Å²) in [5, 5.41) is 0. The zero-order valence-corrected chi connectivity index (χ0v) is 5.91. The summed E-state index contributed by atoms with van der Waals surface area (Å²) in [5.74, 6) is 5.21. The lowest BCUT2D eigenvalue weighted by atomic mass is 10.2. The number of rotatable bonds is 2. The molecular weight excluding hydrogens is 126 g/mol. The maximum Gasteiger partial charge on any atom is 0.0604 e. The smallest absolute Gasteiger partial charge is 0.0604 e. The number of nitrogens with one attached hydrogen (secondary N) is 1. The van der Waals surface area contributed by atoms with Crippen molar-refractivity contribution in [2.24, 2.45) is 5.84 Å². The Morgan fingerprint density at radius 3 is 2.90 bits per heavy atom. The van der Waals surface area contributed by atoms with Crippen LogP contribution in [0.25, 0.3) is 0 Å². The Kier molecular flexibility index (Phi) is 2.36. The van der Waals surface area contributed by atoms with Crippen molar-refractivity contribution in [1.82, 2.24) is 10.4 Å². The van der Waals surface area contributed by atoms with Gasteiger partial charge in [0.15, 0.2) is 0 Å². The second-order valence-corrected chi connectivity index (χ2v) is 2.14. The first-order valence-corrected chi connectivity index (χ1v) is 3.21. The second-order valence-electron chi connectivity index (χ2n) is 2.14. The van der Waals surface area contributed by atoms with Crippen molar-refractivity contribution in [3.05, 3.63) is 30.1 Å².